The maximum atomic E-state index is 12.7. The van der Waals surface area contributed by atoms with E-state index in [2.05, 4.69) is 15.4 Å². The van der Waals surface area contributed by atoms with E-state index in [9.17, 15) is 13.6 Å². The Bertz CT molecular complexity index is 885. The van der Waals surface area contributed by atoms with Crippen molar-refractivity contribution >= 4 is 45.3 Å². The largest absolute Gasteiger partial charge is 0.462 e. The summed E-state index contributed by atoms with van der Waals surface area (Å²) in [5, 5.41) is 7.12. The first-order valence-electron chi connectivity index (χ1n) is 9.92. The Morgan fingerprint density at radius 3 is 2.50 bits per heavy atom. The van der Waals surface area contributed by atoms with Crippen LogP contribution in [0.1, 0.15) is 53.4 Å². The van der Waals surface area contributed by atoms with Crippen molar-refractivity contribution in [3.8, 4) is 5.75 Å². The van der Waals surface area contributed by atoms with Crippen LogP contribution in [-0.4, -0.2) is 24.3 Å². The topological polar surface area (TPSA) is 59.6 Å². The van der Waals surface area contributed by atoms with E-state index in [0.29, 0.717) is 28.0 Å². The highest BCUT2D eigenvalue weighted by molar-refractivity contribution is 7.80. The first-order chi connectivity index (χ1) is 14.5. The molecule has 1 aliphatic rings. The van der Waals surface area contributed by atoms with Crippen molar-refractivity contribution in [2.45, 2.75) is 52.1 Å². The molecular formula is C21H24F2N2O3S2. The summed E-state index contributed by atoms with van der Waals surface area (Å²) >= 11 is 6.95. The number of ether oxygens (including phenoxy) is 2. The number of aryl methyl sites for hydroxylation is 1. The fourth-order valence-electron chi connectivity index (χ4n) is 3.41. The van der Waals surface area contributed by atoms with Crippen LogP contribution in [0.3, 0.4) is 0 Å². The molecule has 0 radical (unpaired) electrons. The summed E-state index contributed by atoms with van der Waals surface area (Å²) < 4.78 is 34.2. The molecule has 1 heterocycles. The van der Waals surface area contributed by atoms with E-state index in [1.807, 2.05) is 0 Å². The summed E-state index contributed by atoms with van der Waals surface area (Å²) in [5.74, 6) is -0.272. The van der Waals surface area contributed by atoms with Crippen molar-refractivity contribution in [3.63, 3.8) is 0 Å². The van der Waals surface area contributed by atoms with Crippen molar-refractivity contribution in [2.75, 3.05) is 17.2 Å². The molecule has 1 aliphatic carbocycles. The number of nitrogens with one attached hydrogen (secondary N) is 2. The molecule has 1 aromatic carbocycles. The molecule has 3 rings (SSSR count). The summed E-state index contributed by atoms with van der Waals surface area (Å²) in [7, 11) is 0. The highest BCUT2D eigenvalue weighted by atomic mass is 32.1. The fourth-order valence-corrected chi connectivity index (χ4v) is 4.98. The average Bonchev–Trinajstić information content (AvgIpc) is 2.99. The third-order valence-electron chi connectivity index (χ3n) is 4.72. The molecule has 0 aliphatic heterocycles. The van der Waals surface area contributed by atoms with Gasteiger partial charge in [0.2, 0.25) is 0 Å². The summed E-state index contributed by atoms with van der Waals surface area (Å²) in [5.41, 5.74) is 2.25. The van der Waals surface area contributed by atoms with Crippen molar-refractivity contribution < 1.29 is 23.0 Å². The predicted octanol–water partition coefficient (Wildman–Crippen LogP) is 5.99. The van der Waals surface area contributed by atoms with Gasteiger partial charge in [0, 0.05) is 10.6 Å². The smallest absolute Gasteiger partial charge is 0.387 e. The Hall–Kier alpha value is -2.26. The van der Waals surface area contributed by atoms with Gasteiger partial charge in [-0.05, 0) is 74.7 Å². The normalized spacial score (nSPS) is 13.7. The van der Waals surface area contributed by atoms with Crippen LogP contribution in [0.5, 0.6) is 5.75 Å². The molecule has 0 saturated heterocycles. The lowest BCUT2D eigenvalue weighted by Crippen LogP contribution is -2.20. The number of hydrogen-bond donors (Lipinski definition) is 2. The summed E-state index contributed by atoms with van der Waals surface area (Å²) in [6, 6.07) is 6.04. The minimum absolute atomic E-state index is 0.0667. The Morgan fingerprint density at radius 2 is 1.83 bits per heavy atom. The van der Waals surface area contributed by atoms with Crippen molar-refractivity contribution in [2.24, 2.45) is 0 Å². The molecule has 9 heteroatoms. The summed E-state index contributed by atoms with van der Waals surface area (Å²) in [4.78, 5) is 13.9. The van der Waals surface area contributed by atoms with Crippen LogP contribution in [0.2, 0.25) is 0 Å². The van der Waals surface area contributed by atoms with Gasteiger partial charge in [0.15, 0.2) is 5.11 Å². The number of alkyl halides is 2. The van der Waals surface area contributed by atoms with E-state index in [-0.39, 0.29) is 11.7 Å². The first kappa shape index (κ1) is 22.4. The molecule has 30 heavy (non-hydrogen) atoms. The molecule has 2 N–H and O–H groups in total. The minimum Gasteiger partial charge on any atom is -0.462 e. The van der Waals surface area contributed by atoms with Crippen LogP contribution in [0.25, 0.3) is 0 Å². The zero-order valence-corrected chi connectivity index (χ0v) is 18.3. The minimum atomic E-state index is -2.87. The summed E-state index contributed by atoms with van der Waals surface area (Å²) in [6.45, 7) is -0.779. The van der Waals surface area contributed by atoms with E-state index in [0.717, 1.165) is 37.7 Å². The van der Waals surface area contributed by atoms with Gasteiger partial charge >= 0.3 is 12.6 Å². The second-order valence-corrected chi connectivity index (χ2v) is 8.34. The SMILES string of the molecule is CCOC(=O)c1c(NC(=S)Nc2ccc(OC(F)F)cc2)sc2c1CCCCCC2. The second-order valence-electron chi connectivity index (χ2n) is 6.82. The van der Waals surface area contributed by atoms with E-state index in [4.69, 9.17) is 17.0 Å². The molecule has 0 amide bonds. The van der Waals surface area contributed by atoms with Crippen molar-refractivity contribution in [1.29, 1.82) is 0 Å². The molecule has 0 spiro atoms. The molecule has 5 nitrogen and oxygen atoms in total. The quantitative estimate of drug-likeness (QED) is 0.413. The fraction of sp³-hybridized carbons (Fsp3) is 0.429. The maximum Gasteiger partial charge on any atom is 0.387 e. The molecular weight excluding hydrogens is 430 g/mol. The lowest BCUT2D eigenvalue weighted by molar-refractivity contribution is -0.0498. The Labute approximate surface area is 183 Å². The van der Waals surface area contributed by atoms with E-state index < -0.39 is 6.61 Å². The number of hydrogen-bond acceptors (Lipinski definition) is 5. The number of thiocarbonyl (C=S) groups is 1. The lowest BCUT2D eigenvalue weighted by atomic mass is 9.96. The second kappa shape index (κ2) is 10.7. The van der Waals surface area contributed by atoms with Crippen molar-refractivity contribution in [3.05, 3.63) is 40.3 Å². The number of fused-ring (bicyclic) bond motifs is 1. The van der Waals surface area contributed by atoms with Crippen LogP contribution in [-0.2, 0) is 17.6 Å². The van der Waals surface area contributed by atoms with Gasteiger partial charge in [-0.25, -0.2) is 4.79 Å². The Kier molecular flexibility index (Phi) is 7.98. The first-order valence-corrected chi connectivity index (χ1v) is 11.1. The van der Waals surface area contributed by atoms with Crippen molar-refractivity contribution in [1.82, 2.24) is 0 Å². The van der Waals surface area contributed by atoms with Crippen LogP contribution in [0, 0.1) is 0 Å². The number of rotatable bonds is 6. The molecule has 2 aromatic rings. The molecule has 162 valence electrons. The average molecular weight is 455 g/mol. The highest BCUT2D eigenvalue weighted by Crippen LogP contribution is 2.37. The van der Waals surface area contributed by atoms with Gasteiger partial charge in [-0.3, -0.25) is 0 Å². The third-order valence-corrected chi connectivity index (χ3v) is 6.13. The molecule has 0 atom stereocenters. The number of thiophene rings is 1. The van der Waals surface area contributed by atoms with E-state index in [1.54, 1.807) is 30.4 Å². The molecule has 0 unspecified atom stereocenters. The molecule has 0 bridgehead atoms. The van der Waals surface area contributed by atoms with Crippen LogP contribution in [0.4, 0.5) is 19.5 Å². The number of halogens is 2. The number of carbonyl (C=O) groups is 1. The van der Waals surface area contributed by atoms with Gasteiger partial charge < -0.3 is 20.1 Å². The Morgan fingerprint density at radius 1 is 1.13 bits per heavy atom. The third kappa shape index (κ3) is 5.89. The number of carbonyl (C=O) groups excluding carboxylic acids is 1. The van der Waals surface area contributed by atoms with Gasteiger partial charge in [-0.15, -0.1) is 11.3 Å². The Balaban J connectivity index is 1.76. The van der Waals surface area contributed by atoms with E-state index >= 15 is 0 Å². The van der Waals surface area contributed by atoms with Crippen LogP contribution < -0.4 is 15.4 Å². The van der Waals surface area contributed by atoms with E-state index in [1.165, 1.54) is 23.4 Å². The van der Waals surface area contributed by atoms with Crippen LogP contribution in [0.15, 0.2) is 24.3 Å². The monoisotopic (exact) mass is 454 g/mol. The summed E-state index contributed by atoms with van der Waals surface area (Å²) in [6.07, 6.45) is 6.30. The predicted molar refractivity (Wildman–Crippen MR) is 119 cm³/mol. The molecule has 1 aromatic heterocycles. The van der Waals surface area contributed by atoms with Gasteiger partial charge in [0.05, 0.1) is 12.2 Å². The molecule has 0 saturated carbocycles. The number of benzene rings is 1. The van der Waals surface area contributed by atoms with Gasteiger partial charge in [0.25, 0.3) is 0 Å². The number of esters is 1. The lowest BCUT2D eigenvalue weighted by Gasteiger charge is -2.13. The standard InChI is InChI=1S/C21H24F2N2O3S2/c1-2-27-19(26)17-15-7-5-3-4-6-8-16(15)30-18(17)25-21(29)24-13-9-11-14(12-10-13)28-20(22)23/h9-12,20H,2-8H2,1H3,(H2,24,25,29). The van der Waals surface area contributed by atoms with Gasteiger partial charge in [-0.1, -0.05) is 12.8 Å². The maximum absolute atomic E-state index is 12.7. The number of anilines is 2. The van der Waals surface area contributed by atoms with Gasteiger partial charge in [0.1, 0.15) is 10.8 Å². The zero-order chi connectivity index (χ0) is 21.5. The zero-order valence-electron chi connectivity index (χ0n) is 16.6. The van der Waals surface area contributed by atoms with Crippen LogP contribution >= 0.6 is 23.6 Å². The molecule has 0 fully saturated rings. The van der Waals surface area contributed by atoms with Gasteiger partial charge in [-0.2, -0.15) is 8.78 Å². The highest BCUT2D eigenvalue weighted by Gasteiger charge is 2.25.